The Hall–Kier alpha value is -2.34. The van der Waals surface area contributed by atoms with Crippen LogP contribution < -0.4 is 9.47 Å². The summed E-state index contributed by atoms with van der Waals surface area (Å²) in [5, 5.41) is 0. The van der Waals surface area contributed by atoms with Crippen molar-refractivity contribution in [1.82, 2.24) is 0 Å². The van der Waals surface area contributed by atoms with Gasteiger partial charge in [-0.05, 0) is 24.1 Å². The van der Waals surface area contributed by atoms with Crippen molar-refractivity contribution < 1.29 is 17.9 Å². The van der Waals surface area contributed by atoms with E-state index < -0.39 is 10.0 Å². The highest BCUT2D eigenvalue weighted by molar-refractivity contribution is 7.90. The van der Waals surface area contributed by atoms with Crippen LogP contribution in [0.3, 0.4) is 0 Å². The third kappa shape index (κ3) is 5.10. The Bertz CT molecular complexity index is 770. The Morgan fingerprint density at radius 1 is 1.04 bits per heavy atom. The standard InChI is InChI=1S/C17H19NO4S/c1-21-16-9-8-15(17(12-16)22-2)13-18-23(19,20)11-10-14-6-4-3-5-7-14/h3-9,12-13H,10-11H2,1-2H3/b18-13+. The Kier molecular flexibility index (Phi) is 5.76. The minimum atomic E-state index is -3.54. The molecule has 122 valence electrons. The van der Waals surface area contributed by atoms with Gasteiger partial charge < -0.3 is 9.47 Å². The van der Waals surface area contributed by atoms with Gasteiger partial charge >= 0.3 is 0 Å². The van der Waals surface area contributed by atoms with E-state index in [0.717, 1.165) is 5.56 Å². The molecule has 2 aromatic carbocycles. The lowest BCUT2D eigenvalue weighted by Gasteiger charge is -2.07. The van der Waals surface area contributed by atoms with Crippen LogP contribution in [0.4, 0.5) is 0 Å². The maximum atomic E-state index is 12.0. The molecule has 0 fully saturated rings. The van der Waals surface area contributed by atoms with Crippen molar-refractivity contribution in [2.75, 3.05) is 20.0 Å². The number of hydrogen-bond acceptors (Lipinski definition) is 4. The number of methoxy groups -OCH3 is 2. The first-order valence-electron chi connectivity index (χ1n) is 7.08. The van der Waals surface area contributed by atoms with Crippen molar-refractivity contribution in [1.29, 1.82) is 0 Å². The third-order valence-corrected chi connectivity index (χ3v) is 4.43. The van der Waals surface area contributed by atoms with Gasteiger partial charge in [-0.2, -0.15) is 4.40 Å². The second-order valence-electron chi connectivity index (χ2n) is 4.86. The van der Waals surface area contributed by atoms with Crippen molar-refractivity contribution in [2.45, 2.75) is 6.42 Å². The van der Waals surface area contributed by atoms with Crippen molar-refractivity contribution in [3.05, 3.63) is 59.7 Å². The van der Waals surface area contributed by atoms with Crippen LogP contribution in [0.5, 0.6) is 11.5 Å². The van der Waals surface area contributed by atoms with Gasteiger partial charge in [-0.25, -0.2) is 8.42 Å². The fourth-order valence-corrected chi connectivity index (χ4v) is 2.88. The van der Waals surface area contributed by atoms with Gasteiger partial charge in [-0.1, -0.05) is 30.3 Å². The minimum Gasteiger partial charge on any atom is -0.497 e. The Morgan fingerprint density at radius 2 is 1.78 bits per heavy atom. The second kappa shape index (κ2) is 7.78. The van der Waals surface area contributed by atoms with E-state index in [0.29, 0.717) is 23.5 Å². The fraction of sp³-hybridized carbons (Fsp3) is 0.235. The topological polar surface area (TPSA) is 65.0 Å². The zero-order chi connectivity index (χ0) is 16.7. The van der Waals surface area contributed by atoms with Crippen molar-refractivity contribution in [3.63, 3.8) is 0 Å². The van der Waals surface area contributed by atoms with Gasteiger partial charge in [-0.3, -0.25) is 0 Å². The zero-order valence-corrected chi connectivity index (χ0v) is 13.9. The largest absolute Gasteiger partial charge is 0.497 e. The second-order valence-corrected chi connectivity index (χ2v) is 6.65. The van der Waals surface area contributed by atoms with Crippen LogP contribution in [0.1, 0.15) is 11.1 Å². The van der Waals surface area contributed by atoms with Gasteiger partial charge in [0.05, 0.1) is 26.2 Å². The molecule has 0 amide bonds. The van der Waals surface area contributed by atoms with Gasteiger partial charge in [0.2, 0.25) is 0 Å². The fourth-order valence-electron chi connectivity index (χ4n) is 2.01. The highest BCUT2D eigenvalue weighted by Gasteiger charge is 2.09. The molecular weight excluding hydrogens is 314 g/mol. The van der Waals surface area contributed by atoms with E-state index in [1.807, 2.05) is 30.3 Å². The first kappa shape index (κ1) is 17.0. The Balaban J connectivity index is 2.09. The van der Waals surface area contributed by atoms with E-state index in [2.05, 4.69) is 4.40 Å². The average Bonchev–Trinajstić information content (AvgIpc) is 2.59. The number of sulfonamides is 1. The predicted molar refractivity (Wildman–Crippen MR) is 91.1 cm³/mol. The first-order valence-corrected chi connectivity index (χ1v) is 8.69. The lowest BCUT2D eigenvalue weighted by Crippen LogP contribution is -2.06. The normalized spacial score (nSPS) is 11.6. The van der Waals surface area contributed by atoms with E-state index >= 15 is 0 Å². The summed E-state index contributed by atoms with van der Waals surface area (Å²) in [6, 6.07) is 14.6. The first-order chi connectivity index (χ1) is 11.0. The maximum Gasteiger partial charge on any atom is 0.253 e. The quantitative estimate of drug-likeness (QED) is 0.731. The maximum absolute atomic E-state index is 12.0. The molecule has 0 atom stereocenters. The molecule has 0 unspecified atom stereocenters. The lowest BCUT2D eigenvalue weighted by atomic mass is 10.2. The van der Waals surface area contributed by atoms with Gasteiger partial charge in [0.15, 0.2) is 0 Å². The number of ether oxygens (including phenoxy) is 2. The summed E-state index contributed by atoms with van der Waals surface area (Å²) in [6.45, 7) is 0. The summed E-state index contributed by atoms with van der Waals surface area (Å²) in [5.74, 6) is 1.10. The summed E-state index contributed by atoms with van der Waals surface area (Å²) >= 11 is 0. The summed E-state index contributed by atoms with van der Waals surface area (Å²) in [6.07, 6.45) is 1.73. The highest BCUT2D eigenvalue weighted by atomic mass is 32.2. The molecular formula is C17H19NO4S. The number of benzene rings is 2. The molecule has 5 nitrogen and oxygen atoms in total. The van der Waals surface area contributed by atoms with Crippen molar-refractivity contribution >= 4 is 16.2 Å². The molecule has 0 aliphatic carbocycles. The highest BCUT2D eigenvalue weighted by Crippen LogP contribution is 2.23. The molecule has 0 aliphatic rings. The minimum absolute atomic E-state index is 0.0357. The summed E-state index contributed by atoms with van der Waals surface area (Å²) in [7, 11) is -0.474. The smallest absolute Gasteiger partial charge is 0.253 e. The number of rotatable bonds is 7. The molecule has 0 N–H and O–H groups in total. The van der Waals surface area contributed by atoms with Crippen LogP contribution in [0.15, 0.2) is 52.9 Å². The average molecular weight is 333 g/mol. The molecule has 0 saturated carbocycles. The van der Waals surface area contributed by atoms with Crippen LogP contribution in [-0.4, -0.2) is 34.6 Å². The molecule has 0 saturated heterocycles. The molecule has 0 radical (unpaired) electrons. The molecule has 0 aromatic heterocycles. The van der Waals surface area contributed by atoms with E-state index in [-0.39, 0.29) is 5.75 Å². The van der Waals surface area contributed by atoms with Crippen LogP contribution in [0.2, 0.25) is 0 Å². The van der Waals surface area contributed by atoms with Gasteiger partial charge in [0.1, 0.15) is 11.5 Å². The predicted octanol–water partition coefficient (Wildman–Crippen LogP) is 2.70. The summed E-state index contributed by atoms with van der Waals surface area (Å²) in [5.41, 5.74) is 1.55. The zero-order valence-electron chi connectivity index (χ0n) is 13.1. The van der Waals surface area contributed by atoms with E-state index in [9.17, 15) is 8.42 Å². The van der Waals surface area contributed by atoms with Crippen LogP contribution in [0.25, 0.3) is 0 Å². The number of aryl methyl sites for hydroxylation is 1. The summed E-state index contributed by atoms with van der Waals surface area (Å²) in [4.78, 5) is 0. The molecule has 23 heavy (non-hydrogen) atoms. The van der Waals surface area contributed by atoms with Crippen LogP contribution >= 0.6 is 0 Å². The Labute approximate surface area is 136 Å². The SMILES string of the molecule is COc1ccc(/C=N/S(=O)(=O)CCc2ccccc2)c(OC)c1. The molecule has 0 spiro atoms. The molecule has 0 bridgehead atoms. The lowest BCUT2D eigenvalue weighted by molar-refractivity contribution is 0.394. The third-order valence-electron chi connectivity index (χ3n) is 3.28. The number of hydrogen-bond donors (Lipinski definition) is 0. The van der Waals surface area contributed by atoms with Crippen molar-refractivity contribution in [2.24, 2.45) is 4.40 Å². The summed E-state index contributed by atoms with van der Waals surface area (Å²) < 4.78 is 38.1. The molecule has 0 aliphatic heterocycles. The number of nitrogens with zero attached hydrogens (tertiary/aromatic N) is 1. The molecule has 0 heterocycles. The van der Waals surface area contributed by atoms with Crippen LogP contribution in [0, 0.1) is 0 Å². The molecule has 6 heteroatoms. The monoisotopic (exact) mass is 333 g/mol. The van der Waals surface area contributed by atoms with E-state index in [1.54, 1.807) is 25.3 Å². The van der Waals surface area contributed by atoms with Crippen molar-refractivity contribution in [3.8, 4) is 11.5 Å². The van der Waals surface area contributed by atoms with E-state index in [4.69, 9.17) is 9.47 Å². The Morgan fingerprint density at radius 3 is 2.43 bits per heavy atom. The van der Waals surface area contributed by atoms with Gasteiger partial charge in [0, 0.05) is 11.6 Å². The van der Waals surface area contributed by atoms with Gasteiger partial charge in [-0.15, -0.1) is 0 Å². The van der Waals surface area contributed by atoms with Crippen LogP contribution in [-0.2, 0) is 16.4 Å². The van der Waals surface area contributed by atoms with Gasteiger partial charge in [0.25, 0.3) is 10.0 Å². The molecule has 2 aromatic rings. The van der Waals surface area contributed by atoms with E-state index in [1.165, 1.54) is 13.3 Å². The molecule has 2 rings (SSSR count).